The third-order valence-electron chi connectivity index (χ3n) is 3.84. The molecule has 0 aliphatic carbocycles. The van der Waals surface area contributed by atoms with Crippen molar-refractivity contribution in [3.8, 4) is 0 Å². The van der Waals surface area contributed by atoms with Gasteiger partial charge in [-0.15, -0.1) is 0 Å². The fourth-order valence-electron chi connectivity index (χ4n) is 2.47. The highest BCUT2D eigenvalue weighted by atomic mass is 16.4. The Bertz CT molecular complexity index is 351. The number of carbonyl (C=O) groups is 2. The Hall–Kier alpha value is -1.34. The van der Waals surface area contributed by atoms with E-state index in [1.165, 1.54) is 0 Å². The molecule has 1 aliphatic heterocycles. The summed E-state index contributed by atoms with van der Waals surface area (Å²) in [6, 6.07) is 0.141. The maximum absolute atomic E-state index is 12.0. The molecule has 7 nitrogen and oxygen atoms in total. The van der Waals surface area contributed by atoms with Gasteiger partial charge < -0.3 is 26.2 Å². The van der Waals surface area contributed by atoms with Crippen molar-refractivity contribution >= 4 is 12.0 Å². The standard InChI is InChI=1S/C14H27N3O4/c1-9(5-6-15-14(20)21)7-13(19)17-11-4-3-10(2)16-8-12(11)18/h9-12,15-16,18H,3-8H2,1-2H3,(H,17,19)(H,20,21)/t9-,10-,11+,12-/m0/s1. The fourth-order valence-corrected chi connectivity index (χ4v) is 2.47. The van der Waals surface area contributed by atoms with E-state index in [9.17, 15) is 14.7 Å². The second kappa shape index (κ2) is 8.84. The monoisotopic (exact) mass is 301 g/mol. The van der Waals surface area contributed by atoms with E-state index in [0.29, 0.717) is 32.0 Å². The van der Waals surface area contributed by atoms with Gasteiger partial charge in [0.05, 0.1) is 12.1 Å². The zero-order chi connectivity index (χ0) is 15.8. The summed E-state index contributed by atoms with van der Waals surface area (Å²) in [6.45, 7) is 4.81. The lowest BCUT2D eigenvalue weighted by molar-refractivity contribution is -0.123. The Balaban J connectivity index is 2.29. The molecule has 1 rings (SSSR count). The van der Waals surface area contributed by atoms with E-state index in [-0.39, 0.29) is 17.9 Å². The molecule has 0 aromatic rings. The molecule has 0 saturated carbocycles. The number of rotatable bonds is 6. The molecule has 5 N–H and O–H groups in total. The molecule has 4 atom stereocenters. The van der Waals surface area contributed by atoms with E-state index in [0.717, 1.165) is 12.8 Å². The Morgan fingerprint density at radius 1 is 1.38 bits per heavy atom. The van der Waals surface area contributed by atoms with E-state index >= 15 is 0 Å². The molecule has 7 heteroatoms. The molecule has 1 heterocycles. The van der Waals surface area contributed by atoms with E-state index in [4.69, 9.17) is 5.11 Å². The lowest BCUT2D eigenvalue weighted by Crippen LogP contribution is -2.46. The van der Waals surface area contributed by atoms with Gasteiger partial charge in [0.15, 0.2) is 0 Å². The summed E-state index contributed by atoms with van der Waals surface area (Å²) in [5.74, 6) is 0.00764. The number of nitrogens with one attached hydrogen (secondary N) is 3. The lowest BCUT2D eigenvalue weighted by Gasteiger charge is -2.22. The van der Waals surface area contributed by atoms with Gasteiger partial charge in [-0.05, 0) is 32.1 Å². The first-order valence-corrected chi connectivity index (χ1v) is 7.56. The second-order valence-corrected chi connectivity index (χ2v) is 5.96. The zero-order valence-electron chi connectivity index (χ0n) is 12.8. The molecule has 2 amide bonds. The predicted molar refractivity (Wildman–Crippen MR) is 79.1 cm³/mol. The minimum atomic E-state index is -1.05. The molecule has 1 aliphatic rings. The Morgan fingerprint density at radius 2 is 2.10 bits per heavy atom. The maximum Gasteiger partial charge on any atom is 0.404 e. The van der Waals surface area contributed by atoms with Crippen LogP contribution >= 0.6 is 0 Å². The van der Waals surface area contributed by atoms with E-state index in [2.05, 4.69) is 22.9 Å². The average molecular weight is 301 g/mol. The van der Waals surface area contributed by atoms with Crippen LogP contribution in [-0.2, 0) is 4.79 Å². The Morgan fingerprint density at radius 3 is 2.76 bits per heavy atom. The van der Waals surface area contributed by atoms with Gasteiger partial charge >= 0.3 is 6.09 Å². The third-order valence-corrected chi connectivity index (χ3v) is 3.84. The van der Waals surface area contributed by atoms with Crippen molar-refractivity contribution in [2.75, 3.05) is 13.1 Å². The summed E-state index contributed by atoms with van der Waals surface area (Å²) >= 11 is 0. The van der Waals surface area contributed by atoms with Crippen LogP contribution in [0.3, 0.4) is 0 Å². The van der Waals surface area contributed by atoms with Crippen LogP contribution in [0.4, 0.5) is 4.79 Å². The number of hydrogen-bond donors (Lipinski definition) is 5. The van der Waals surface area contributed by atoms with Gasteiger partial charge in [0.25, 0.3) is 0 Å². The highest BCUT2D eigenvalue weighted by molar-refractivity contribution is 5.76. The normalized spacial score (nSPS) is 27.5. The highest BCUT2D eigenvalue weighted by Crippen LogP contribution is 2.12. The highest BCUT2D eigenvalue weighted by Gasteiger charge is 2.25. The van der Waals surface area contributed by atoms with Gasteiger partial charge in [-0.1, -0.05) is 6.92 Å². The predicted octanol–water partition coefficient (Wildman–Crippen LogP) is 0.288. The molecule has 1 saturated heterocycles. The number of amides is 2. The molecule has 21 heavy (non-hydrogen) atoms. The Kier molecular flexibility index (Phi) is 7.45. The topological polar surface area (TPSA) is 111 Å². The molecule has 122 valence electrons. The number of aliphatic hydroxyl groups excluding tert-OH is 1. The molecule has 0 bridgehead atoms. The molecule has 0 aromatic carbocycles. The van der Waals surface area contributed by atoms with Crippen molar-refractivity contribution in [2.24, 2.45) is 5.92 Å². The SMILES string of the molecule is C[C@@H](CCNC(=O)O)CC(=O)N[C@@H]1CC[C@H](C)NC[C@@H]1O. The largest absolute Gasteiger partial charge is 0.465 e. The van der Waals surface area contributed by atoms with Crippen molar-refractivity contribution in [2.45, 2.75) is 57.7 Å². The van der Waals surface area contributed by atoms with Crippen molar-refractivity contribution in [3.63, 3.8) is 0 Å². The van der Waals surface area contributed by atoms with Crippen LogP contribution in [0.15, 0.2) is 0 Å². The molecule has 0 radical (unpaired) electrons. The van der Waals surface area contributed by atoms with Gasteiger partial charge in [-0.2, -0.15) is 0 Å². The smallest absolute Gasteiger partial charge is 0.404 e. The zero-order valence-corrected chi connectivity index (χ0v) is 12.8. The average Bonchev–Trinajstić information content (AvgIpc) is 2.53. The summed E-state index contributed by atoms with van der Waals surface area (Å²) in [4.78, 5) is 22.3. The molecule has 0 unspecified atom stereocenters. The molecule has 0 aromatic heterocycles. The van der Waals surface area contributed by atoms with Gasteiger partial charge in [-0.3, -0.25) is 4.79 Å². The molecule has 0 spiro atoms. The minimum absolute atomic E-state index is 0.0866. The second-order valence-electron chi connectivity index (χ2n) is 5.96. The van der Waals surface area contributed by atoms with Crippen molar-refractivity contribution < 1.29 is 19.8 Å². The van der Waals surface area contributed by atoms with Gasteiger partial charge in [-0.25, -0.2) is 4.79 Å². The van der Waals surface area contributed by atoms with Gasteiger partial charge in [0, 0.05) is 25.6 Å². The maximum atomic E-state index is 12.0. The fraction of sp³-hybridized carbons (Fsp3) is 0.857. The quantitative estimate of drug-likeness (QED) is 0.484. The minimum Gasteiger partial charge on any atom is -0.465 e. The number of aliphatic hydroxyl groups is 1. The first kappa shape index (κ1) is 17.7. The van der Waals surface area contributed by atoms with Crippen molar-refractivity contribution in [3.05, 3.63) is 0 Å². The lowest BCUT2D eigenvalue weighted by atomic mass is 10.0. The van der Waals surface area contributed by atoms with Crippen LogP contribution < -0.4 is 16.0 Å². The molecular formula is C14H27N3O4. The van der Waals surface area contributed by atoms with E-state index < -0.39 is 12.2 Å². The van der Waals surface area contributed by atoms with Crippen LogP contribution in [0.5, 0.6) is 0 Å². The Labute approximate surface area is 125 Å². The van der Waals surface area contributed by atoms with Crippen LogP contribution in [-0.4, -0.2) is 53.5 Å². The third kappa shape index (κ3) is 7.29. The van der Waals surface area contributed by atoms with Gasteiger partial charge in [0.2, 0.25) is 5.91 Å². The van der Waals surface area contributed by atoms with Crippen LogP contribution in [0.1, 0.15) is 39.5 Å². The van der Waals surface area contributed by atoms with Crippen molar-refractivity contribution in [1.29, 1.82) is 0 Å². The summed E-state index contributed by atoms with van der Waals surface area (Å²) in [7, 11) is 0. The molecular weight excluding hydrogens is 274 g/mol. The van der Waals surface area contributed by atoms with Crippen LogP contribution in [0, 0.1) is 5.92 Å². The summed E-state index contributed by atoms with van der Waals surface area (Å²) in [5, 5.41) is 26.9. The summed E-state index contributed by atoms with van der Waals surface area (Å²) < 4.78 is 0. The van der Waals surface area contributed by atoms with E-state index in [1.807, 2.05) is 6.92 Å². The van der Waals surface area contributed by atoms with Gasteiger partial charge in [0.1, 0.15) is 0 Å². The number of hydrogen-bond acceptors (Lipinski definition) is 4. The van der Waals surface area contributed by atoms with Crippen LogP contribution in [0.2, 0.25) is 0 Å². The summed E-state index contributed by atoms with van der Waals surface area (Å²) in [6.07, 6.45) is 1.02. The number of carbonyl (C=O) groups excluding carboxylic acids is 1. The number of carboxylic acid groups (broad SMARTS) is 1. The number of β-amino-alcohol motifs (C(OH)–C–C–N with tert-alkyl or cyclic N) is 1. The van der Waals surface area contributed by atoms with Crippen molar-refractivity contribution in [1.82, 2.24) is 16.0 Å². The van der Waals surface area contributed by atoms with E-state index in [1.54, 1.807) is 0 Å². The first-order valence-electron chi connectivity index (χ1n) is 7.56. The summed E-state index contributed by atoms with van der Waals surface area (Å²) in [5.41, 5.74) is 0. The molecule has 1 fully saturated rings. The first-order chi connectivity index (χ1) is 9.88. The van der Waals surface area contributed by atoms with Crippen LogP contribution in [0.25, 0.3) is 0 Å².